The molecule has 0 unspecified atom stereocenters. The fourth-order valence-electron chi connectivity index (χ4n) is 1.80. The van der Waals surface area contributed by atoms with E-state index in [0.717, 1.165) is 18.5 Å². The molecule has 0 saturated carbocycles. The van der Waals surface area contributed by atoms with Gasteiger partial charge in [0, 0.05) is 5.69 Å². The van der Waals surface area contributed by atoms with Crippen molar-refractivity contribution < 1.29 is 4.79 Å². The number of aromatic nitrogens is 1. The molecule has 0 atom stereocenters. The highest BCUT2D eigenvalue weighted by molar-refractivity contribution is 6.27. The molecule has 80 valence electrons. The first-order valence-electron chi connectivity index (χ1n) is 5.10. The molecular weight excluding hydrogens is 212 g/mol. The van der Waals surface area contributed by atoms with Crippen LogP contribution in [-0.4, -0.2) is 16.8 Å². The van der Waals surface area contributed by atoms with Crippen LogP contribution < -0.4 is 5.32 Å². The minimum absolute atomic E-state index is 0.00490. The van der Waals surface area contributed by atoms with E-state index >= 15 is 0 Å². The molecule has 0 bridgehead atoms. The quantitative estimate of drug-likeness (QED) is 0.790. The molecule has 0 aliphatic heterocycles. The van der Waals surface area contributed by atoms with Crippen LogP contribution in [0.2, 0.25) is 0 Å². The number of alkyl halides is 1. The van der Waals surface area contributed by atoms with E-state index in [1.54, 1.807) is 0 Å². The maximum absolute atomic E-state index is 10.9. The lowest BCUT2D eigenvalue weighted by molar-refractivity contribution is -0.118. The van der Waals surface area contributed by atoms with Crippen LogP contribution in [0, 0.1) is 0 Å². The van der Waals surface area contributed by atoms with Gasteiger partial charge in [0.25, 0.3) is 0 Å². The number of nitrogens with one attached hydrogen (secondary N) is 1. The summed E-state index contributed by atoms with van der Waals surface area (Å²) in [7, 11) is 0. The molecule has 2 rings (SSSR count). The zero-order valence-electron chi connectivity index (χ0n) is 8.42. The summed E-state index contributed by atoms with van der Waals surface area (Å²) in [6, 6.07) is 4.08. The topological polar surface area (TPSA) is 42.0 Å². The van der Waals surface area contributed by atoms with Crippen LogP contribution in [0.3, 0.4) is 0 Å². The Morgan fingerprint density at radius 2 is 2.33 bits per heavy atom. The van der Waals surface area contributed by atoms with Crippen molar-refractivity contribution >= 4 is 17.5 Å². The highest BCUT2D eigenvalue weighted by atomic mass is 35.5. The fraction of sp³-hybridized carbons (Fsp3) is 0.455. The van der Waals surface area contributed by atoms with E-state index in [9.17, 15) is 4.79 Å². The number of fused-ring (bicyclic) bond motifs is 1. The third kappa shape index (κ3) is 2.48. The zero-order valence-corrected chi connectivity index (χ0v) is 9.18. The van der Waals surface area contributed by atoms with E-state index in [4.69, 9.17) is 11.6 Å². The lowest BCUT2D eigenvalue weighted by Gasteiger charge is -2.04. The molecule has 3 nitrogen and oxygen atoms in total. The number of hydrogen-bond donors (Lipinski definition) is 1. The van der Waals surface area contributed by atoms with Crippen LogP contribution in [0.25, 0.3) is 0 Å². The summed E-state index contributed by atoms with van der Waals surface area (Å²) >= 11 is 5.38. The van der Waals surface area contributed by atoms with Crippen molar-refractivity contribution in [1.82, 2.24) is 10.3 Å². The molecule has 0 radical (unpaired) electrons. The Hall–Kier alpha value is -1.09. The average molecular weight is 225 g/mol. The zero-order chi connectivity index (χ0) is 10.7. The van der Waals surface area contributed by atoms with Gasteiger partial charge in [0.05, 0.1) is 12.2 Å². The third-order valence-electron chi connectivity index (χ3n) is 2.57. The minimum Gasteiger partial charge on any atom is -0.349 e. The van der Waals surface area contributed by atoms with Gasteiger partial charge in [-0.2, -0.15) is 0 Å². The molecule has 1 aromatic heterocycles. The van der Waals surface area contributed by atoms with Crippen molar-refractivity contribution in [2.24, 2.45) is 0 Å². The van der Waals surface area contributed by atoms with Crippen molar-refractivity contribution in [3.63, 3.8) is 0 Å². The normalized spacial score (nSPS) is 13.7. The lowest BCUT2D eigenvalue weighted by Crippen LogP contribution is -2.24. The molecule has 1 aromatic rings. The van der Waals surface area contributed by atoms with E-state index in [-0.39, 0.29) is 11.8 Å². The Labute approximate surface area is 93.8 Å². The van der Waals surface area contributed by atoms with Crippen molar-refractivity contribution in [1.29, 1.82) is 0 Å². The van der Waals surface area contributed by atoms with Gasteiger partial charge in [0.1, 0.15) is 5.88 Å². The molecule has 1 amide bonds. The number of nitrogens with zero attached hydrogens (tertiary/aromatic N) is 1. The van der Waals surface area contributed by atoms with Crippen LogP contribution in [-0.2, 0) is 24.2 Å². The summed E-state index contributed by atoms with van der Waals surface area (Å²) in [4.78, 5) is 15.4. The molecule has 0 aromatic carbocycles. The maximum atomic E-state index is 10.9. The highest BCUT2D eigenvalue weighted by Crippen LogP contribution is 2.19. The molecule has 0 saturated heterocycles. The van der Waals surface area contributed by atoms with Crippen LogP contribution in [0.5, 0.6) is 0 Å². The van der Waals surface area contributed by atoms with E-state index in [2.05, 4.69) is 16.4 Å². The summed E-state index contributed by atoms with van der Waals surface area (Å²) < 4.78 is 0. The molecular formula is C11H13ClN2O. The van der Waals surface area contributed by atoms with Gasteiger partial charge in [-0.05, 0) is 30.9 Å². The average Bonchev–Trinajstić information content (AvgIpc) is 2.72. The summed E-state index contributed by atoms with van der Waals surface area (Å²) in [5, 5.41) is 2.71. The molecule has 1 aliphatic rings. The smallest absolute Gasteiger partial charge is 0.235 e. The second-order valence-electron chi connectivity index (χ2n) is 3.67. The van der Waals surface area contributed by atoms with Gasteiger partial charge < -0.3 is 5.32 Å². The number of carbonyl (C=O) groups is 1. The van der Waals surface area contributed by atoms with E-state index in [0.29, 0.717) is 6.54 Å². The SMILES string of the molecule is O=C(CCl)NCc1ccc2c(n1)CCC2. The Balaban J connectivity index is 2.01. The van der Waals surface area contributed by atoms with Crippen molar-refractivity contribution in [2.45, 2.75) is 25.8 Å². The number of rotatable bonds is 3. The van der Waals surface area contributed by atoms with E-state index < -0.39 is 0 Å². The van der Waals surface area contributed by atoms with Crippen molar-refractivity contribution in [3.8, 4) is 0 Å². The van der Waals surface area contributed by atoms with Crippen LogP contribution >= 0.6 is 11.6 Å². The van der Waals surface area contributed by atoms with Crippen molar-refractivity contribution in [3.05, 3.63) is 29.1 Å². The van der Waals surface area contributed by atoms with Crippen molar-refractivity contribution in [2.75, 3.05) is 5.88 Å². The molecule has 4 heteroatoms. The molecule has 1 N–H and O–H groups in total. The van der Waals surface area contributed by atoms with Gasteiger partial charge in [-0.3, -0.25) is 9.78 Å². The monoisotopic (exact) mass is 224 g/mol. The second-order valence-corrected chi connectivity index (χ2v) is 3.94. The molecule has 0 spiro atoms. The third-order valence-corrected chi connectivity index (χ3v) is 2.82. The number of halogens is 1. The first-order valence-corrected chi connectivity index (χ1v) is 5.63. The predicted molar refractivity (Wildman–Crippen MR) is 58.8 cm³/mol. The van der Waals surface area contributed by atoms with Crippen LogP contribution in [0.1, 0.15) is 23.4 Å². The number of amides is 1. The standard InChI is InChI=1S/C11H13ClN2O/c12-6-11(15)13-7-9-5-4-8-2-1-3-10(8)14-9/h4-5H,1-3,6-7H2,(H,13,15). The van der Waals surface area contributed by atoms with Gasteiger partial charge in [-0.25, -0.2) is 0 Å². The number of carbonyl (C=O) groups excluding carboxylic acids is 1. The molecule has 1 aliphatic carbocycles. The lowest BCUT2D eigenvalue weighted by atomic mass is 10.2. The summed E-state index contributed by atoms with van der Waals surface area (Å²) in [5.41, 5.74) is 3.45. The summed E-state index contributed by atoms with van der Waals surface area (Å²) in [5.74, 6) is -0.149. The van der Waals surface area contributed by atoms with E-state index in [1.807, 2.05) is 6.07 Å². The van der Waals surface area contributed by atoms with Crippen LogP contribution in [0.15, 0.2) is 12.1 Å². The minimum atomic E-state index is -0.154. The van der Waals surface area contributed by atoms with Gasteiger partial charge >= 0.3 is 0 Å². The van der Waals surface area contributed by atoms with Gasteiger partial charge in [0.2, 0.25) is 5.91 Å². The first kappa shape index (κ1) is 10.4. The fourth-order valence-corrected chi connectivity index (χ4v) is 1.90. The summed E-state index contributed by atoms with van der Waals surface area (Å²) in [6.07, 6.45) is 3.39. The molecule has 15 heavy (non-hydrogen) atoms. The molecule has 1 heterocycles. The number of hydrogen-bond acceptors (Lipinski definition) is 2. The molecule has 0 fully saturated rings. The number of aryl methyl sites for hydroxylation is 2. The number of pyridine rings is 1. The van der Waals surface area contributed by atoms with E-state index in [1.165, 1.54) is 17.7 Å². The van der Waals surface area contributed by atoms with Gasteiger partial charge in [-0.15, -0.1) is 11.6 Å². The maximum Gasteiger partial charge on any atom is 0.235 e. The predicted octanol–water partition coefficient (Wildman–Crippen LogP) is 1.43. The Morgan fingerprint density at radius 1 is 1.47 bits per heavy atom. The second kappa shape index (κ2) is 4.62. The van der Waals surface area contributed by atoms with Crippen LogP contribution in [0.4, 0.5) is 0 Å². The Morgan fingerprint density at radius 3 is 3.13 bits per heavy atom. The highest BCUT2D eigenvalue weighted by Gasteiger charge is 2.12. The summed E-state index contributed by atoms with van der Waals surface area (Å²) in [6.45, 7) is 0.471. The largest absolute Gasteiger partial charge is 0.349 e. The first-order chi connectivity index (χ1) is 7.29. The van der Waals surface area contributed by atoms with Gasteiger partial charge in [0.15, 0.2) is 0 Å². The Bertz CT molecular complexity index is 379. The van der Waals surface area contributed by atoms with Gasteiger partial charge in [-0.1, -0.05) is 6.07 Å². The Kier molecular flexibility index (Phi) is 3.21.